The van der Waals surface area contributed by atoms with Crippen molar-refractivity contribution in [3.05, 3.63) is 35.6 Å². The topological polar surface area (TPSA) is 99.5 Å². The van der Waals surface area contributed by atoms with E-state index in [9.17, 15) is 24.2 Å². The quantitative estimate of drug-likeness (QED) is 0.584. The van der Waals surface area contributed by atoms with Crippen LogP contribution in [0.3, 0.4) is 0 Å². The molecule has 1 aromatic rings. The molecule has 1 aliphatic carbocycles. The molecule has 0 spiro atoms. The maximum Gasteiger partial charge on any atom is 0.233 e. The van der Waals surface area contributed by atoms with Gasteiger partial charge in [-0.1, -0.05) is 38.8 Å². The highest BCUT2D eigenvalue weighted by atomic mass is 19.1. The maximum atomic E-state index is 14.6. The minimum absolute atomic E-state index is 0.00786. The summed E-state index contributed by atoms with van der Waals surface area (Å²) in [6.07, 6.45) is 1.92. The molecule has 4 atom stereocenters. The number of benzene rings is 1. The summed E-state index contributed by atoms with van der Waals surface area (Å²) in [5, 5.41) is 21.2. The zero-order valence-corrected chi connectivity index (χ0v) is 24.0. The van der Waals surface area contributed by atoms with Crippen LogP contribution in [0.4, 0.5) is 4.39 Å². The number of aliphatic hydroxyl groups is 2. The number of aliphatic hydroxyl groups excluding tert-OH is 2. The first-order valence-electron chi connectivity index (χ1n) is 14.4. The summed E-state index contributed by atoms with van der Waals surface area (Å²) >= 11 is 0. The Morgan fingerprint density at radius 3 is 2.49 bits per heavy atom. The smallest absolute Gasteiger partial charge is 0.233 e. The molecule has 1 aromatic carbocycles. The lowest BCUT2D eigenvalue weighted by Gasteiger charge is -2.42. The number of rotatable bonds is 5. The third kappa shape index (κ3) is 7.99. The fourth-order valence-corrected chi connectivity index (χ4v) is 6.12. The molecule has 0 aromatic heterocycles. The Bertz CT molecular complexity index is 938. The zero-order chi connectivity index (χ0) is 28.6. The van der Waals surface area contributed by atoms with Crippen LogP contribution in [0.1, 0.15) is 71.3 Å². The number of nitrogens with zero attached hydrogens (tertiary/aromatic N) is 2. The minimum atomic E-state index is -1.24. The van der Waals surface area contributed by atoms with Crippen LogP contribution < -0.4 is 0 Å². The molecule has 2 amide bonds. The highest BCUT2D eigenvalue weighted by Crippen LogP contribution is 2.43. The Hall–Kier alpha value is -2.07. The molecule has 2 N–H and O–H groups in total. The van der Waals surface area contributed by atoms with Gasteiger partial charge in [0.05, 0.1) is 12.0 Å². The van der Waals surface area contributed by atoms with E-state index in [4.69, 9.17) is 9.47 Å². The van der Waals surface area contributed by atoms with Crippen molar-refractivity contribution in [2.24, 2.45) is 5.92 Å². The van der Waals surface area contributed by atoms with Crippen LogP contribution >= 0.6 is 0 Å². The van der Waals surface area contributed by atoms with Gasteiger partial charge in [0.2, 0.25) is 11.8 Å². The number of hydrogen-bond donors (Lipinski definition) is 2. The normalized spacial score (nSPS) is 27.4. The fraction of sp³-hybridized carbons (Fsp3) is 0.733. The Morgan fingerprint density at radius 2 is 1.87 bits per heavy atom. The second-order valence-corrected chi connectivity index (χ2v) is 11.6. The molecular formula is C30H47FN2O6. The van der Waals surface area contributed by atoms with Gasteiger partial charge in [0.1, 0.15) is 24.1 Å². The predicted molar refractivity (Wildman–Crippen MR) is 147 cm³/mol. The molecule has 1 saturated carbocycles. The minimum Gasteiger partial charge on any atom is -0.388 e. The summed E-state index contributed by atoms with van der Waals surface area (Å²) in [4.78, 5) is 31.0. The molecule has 8 nitrogen and oxygen atoms in total. The first kappa shape index (κ1) is 31.5. The Kier molecular flexibility index (Phi) is 11.7. The van der Waals surface area contributed by atoms with Crippen LogP contribution in [0.25, 0.3) is 0 Å². The van der Waals surface area contributed by atoms with Crippen molar-refractivity contribution in [3.8, 4) is 0 Å². The fourth-order valence-electron chi connectivity index (χ4n) is 6.12. The lowest BCUT2D eigenvalue weighted by molar-refractivity contribution is -0.145. The summed E-state index contributed by atoms with van der Waals surface area (Å²) in [7, 11) is 1.44. The molecule has 0 bridgehead atoms. The molecule has 1 saturated heterocycles. The largest absolute Gasteiger partial charge is 0.388 e. The number of carbonyl (C=O) groups excluding carboxylic acids is 2. The van der Waals surface area contributed by atoms with E-state index in [1.165, 1.54) is 26.2 Å². The van der Waals surface area contributed by atoms with E-state index >= 15 is 0 Å². The standard InChI is InChI=1S/C30H47FN2O6/c1-21(2)16-25-18-32(22(3)34)19-27(38-4)28(36)26(35)20-39-15-8-7-14-33(25)29(37)30(12-5-6-13-30)23-10-9-11-24(31)17-23/h9-11,17,21,25-28,35-36H,5-8,12-16,18-20H2,1-4H3/t25-,26-,27-,28-/m1/s1. The third-order valence-electron chi connectivity index (χ3n) is 8.27. The molecule has 1 aliphatic heterocycles. The van der Waals surface area contributed by atoms with E-state index in [0.29, 0.717) is 45.3 Å². The van der Waals surface area contributed by atoms with Crippen molar-refractivity contribution in [1.29, 1.82) is 0 Å². The van der Waals surface area contributed by atoms with Gasteiger partial charge < -0.3 is 29.5 Å². The average Bonchev–Trinajstić information content (AvgIpc) is 3.40. The molecule has 0 radical (unpaired) electrons. The molecular weight excluding hydrogens is 503 g/mol. The van der Waals surface area contributed by atoms with Crippen molar-refractivity contribution < 1.29 is 33.7 Å². The van der Waals surface area contributed by atoms with Crippen molar-refractivity contribution in [2.75, 3.05) is 40.0 Å². The van der Waals surface area contributed by atoms with Gasteiger partial charge in [-0.25, -0.2) is 4.39 Å². The van der Waals surface area contributed by atoms with Crippen LogP contribution in [0, 0.1) is 11.7 Å². The Morgan fingerprint density at radius 1 is 1.15 bits per heavy atom. The van der Waals surface area contributed by atoms with E-state index < -0.39 is 23.7 Å². The van der Waals surface area contributed by atoms with Crippen molar-refractivity contribution in [1.82, 2.24) is 9.80 Å². The number of ether oxygens (including phenoxy) is 2. The summed E-state index contributed by atoms with van der Waals surface area (Å²) in [6.45, 7) is 6.81. The number of carbonyl (C=O) groups is 2. The van der Waals surface area contributed by atoms with Gasteiger partial charge in [-0.3, -0.25) is 9.59 Å². The monoisotopic (exact) mass is 550 g/mol. The molecule has 9 heteroatoms. The highest BCUT2D eigenvalue weighted by molar-refractivity contribution is 5.89. The molecule has 0 unspecified atom stereocenters. The van der Waals surface area contributed by atoms with Crippen LogP contribution in [-0.2, 0) is 24.5 Å². The van der Waals surface area contributed by atoms with Gasteiger partial charge >= 0.3 is 0 Å². The van der Waals surface area contributed by atoms with Crippen LogP contribution in [0.5, 0.6) is 0 Å². The lowest BCUT2D eigenvalue weighted by atomic mass is 9.77. The third-order valence-corrected chi connectivity index (χ3v) is 8.27. The summed E-state index contributed by atoms with van der Waals surface area (Å²) < 4.78 is 25.5. The Labute approximate surface area is 232 Å². The van der Waals surface area contributed by atoms with Crippen molar-refractivity contribution in [3.63, 3.8) is 0 Å². The molecule has 39 heavy (non-hydrogen) atoms. The first-order valence-corrected chi connectivity index (χ1v) is 14.4. The Balaban J connectivity index is 2.02. The predicted octanol–water partition coefficient (Wildman–Crippen LogP) is 3.28. The van der Waals surface area contributed by atoms with E-state index in [2.05, 4.69) is 13.8 Å². The van der Waals surface area contributed by atoms with Crippen molar-refractivity contribution >= 4 is 11.8 Å². The number of halogens is 1. The zero-order valence-electron chi connectivity index (χ0n) is 24.0. The van der Waals surface area contributed by atoms with E-state index in [1.54, 1.807) is 11.0 Å². The van der Waals surface area contributed by atoms with E-state index in [-0.39, 0.29) is 49.3 Å². The number of methoxy groups -OCH3 is 1. The summed E-state index contributed by atoms with van der Waals surface area (Å²) in [5.41, 5.74) is -0.0774. The molecule has 2 aliphatic rings. The average molecular weight is 551 g/mol. The van der Waals surface area contributed by atoms with Crippen LogP contribution in [-0.4, -0.2) is 96.1 Å². The second kappa shape index (κ2) is 14.5. The van der Waals surface area contributed by atoms with Gasteiger partial charge in [-0.2, -0.15) is 0 Å². The first-order chi connectivity index (χ1) is 18.6. The SMILES string of the molecule is CO[C@@H]1CN(C(C)=O)C[C@@H](CC(C)C)N(C(=O)C2(c3cccc(F)c3)CCCC2)CCCCOC[C@@H](O)[C@H]1O. The van der Waals surface area contributed by atoms with Gasteiger partial charge in [-0.05, 0) is 55.7 Å². The highest BCUT2D eigenvalue weighted by Gasteiger charge is 2.46. The summed E-state index contributed by atoms with van der Waals surface area (Å²) in [6, 6.07) is 6.15. The molecule has 1 heterocycles. The molecule has 220 valence electrons. The molecule has 2 fully saturated rings. The number of hydrogen-bond acceptors (Lipinski definition) is 6. The number of amides is 2. The van der Waals surface area contributed by atoms with Gasteiger partial charge in [0, 0.05) is 46.3 Å². The van der Waals surface area contributed by atoms with Crippen molar-refractivity contribution in [2.45, 2.75) is 95.5 Å². The second-order valence-electron chi connectivity index (χ2n) is 11.6. The molecule has 3 rings (SSSR count). The van der Waals surface area contributed by atoms with Gasteiger partial charge in [-0.15, -0.1) is 0 Å². The summed E-state index contributed by atoms with van der Waals surface area (Å²) in [5.74, 6) is -0.311. The van der Waals surface area contributed by atoms with Crippen LogP contribution in [0.2, 0.25) is 0 Å². The lowest BCUT2D eigenvalue weighted by Crippen LogP contribution is -2.56. The van der Waals surface area contributed by atoms with E-state index in [1.807, 2.05) is 11.0 Å². The van der Waals surface area contributed by atoms with Gasteiger partial charge in [0.15, 0.2) is 0 Å². The maximum absolute atomic E-state index is 14.6. The van der Waals surface area contributed by atoms with Gasteiger partial charge in [0.25, 0.3) is 0 Å². The van der Waals surface area contributed by atoms with Crippen LogP contribution in [0.15, 0.2) is 24.3 Å². The van der Waals surface area contributed by atoms with E-state index in [0.717, 1.165) is 18.4 Å².